The lowest BCUT2D eigenvalue weighted by Crippen LogP contribution is -2.39. The molecule has 3 nitrogen and oxygen atoms in total. The molecule has 1 aromatic rings. The van der Waals surface area contributed by atoms with E-state index in [9.17, 15) is 0 Å². The summed E-state index contributed by atoms with van der Waals surface area (Å²) in [5.74, 6) is 1.10. The Balaban J connectivity index is 1.93. The predicted molar refractivity (Wildman–Crippen MR) is 74.4 cm³/mol. The Hall–Kier alpha value is -0.800. The number of furan rings is 1. The summed E-state index contributed by atoms with van der Waals surface area (Å²) in [6.07, 6.45) is 5.60. The van der Waals surface area contributed by atoms with Gasteiger partial charge >= 0.3 is 0 Å². The van der Waals surface area contributed by atoms with Crippen molar-refractivity contribution < 1.29 is 4.42 Å². The molecule has 1 fully saturated rings. The minimum absolute atomic E-state index is 0.235. The fourth-order valence-corrected chi connectivity index (χ4v) is 1.93. The van der Waals surface area contributed by atoms with E-state index in [-0.39, 0.29) is 5.54 Å². The topological polar surface area (TPSA) is 28.4 Å². The standard InChI is InChI=1S/C15H26N2O/c1-5-15(2,3)17(4)11-12-8-9-18-14(12)10-16-13-6-7-13/h8-9,13,16H,5-7,10-11H2,1-4H3. The Morgan fingerprint density at radius 2 is 2.17 bits per heavy atom. The minimum atomic E-state index is 0.235. The monoisotopic (exact) mass is 250 g/mol. The van der Waals surface area contributed by atoms with Crippen LogP contribution in [-0.2, 0) is 13.1 Å². The van der Waals surface area contributed by atoms with Gasteiger partial charge in [0.05, 0.1) is 12.8 Å². The Bertz CT molecular complexity index is 380. The molecule has 0 atom stereocenters. The lowest BCUT2D eigenvalue weighted by Gasteiger charge is -2.34. The van der Waals surface area contributed by atoms with E-state index in [0.717, 1.165) is 31.3 Å². The molecule has 0 spiro atoms. The van der Waals surface area contributed by atoms with Gasteiger partial charge in [0.1, 0.15) is 5.76 Å². The van der Waals surface area contributed by atoms with E-state index >= 15 is 0 Å². The third-order valence-electron chi connectivity index (χ3n) is 4.27. The zero-order chi connectivity index (χ0) is 13.2. The van der Waals surface area contributed by atoms with Crippen molar-refractivity contribution in [3.63, 3.8) is 0 Å². The number of rotatable bonds is 7. The van der Waals surface area contributed by atoms with Crippen LogP contribution in [0.1, 0.15) is 51.4 Å². The first kappa shape index (κ1) is 13.6. The number of nitrogens with one attached hydrogen (secondary N) is 1. The molecule has 0 amide bonds. The van der Waals surface area contributed by atoms with E-state index in [2.05, 4.69) is 44.1 Å². The third-order valence-corrected chi connectivity index (χ3v) is 4.27. The van der Waals surface area contributed by atoms with Crippen LogP contribution in [0.15, 0.2) is 16.7 Å². The third kappa shape index (κ3) is 3.36. The van der Waals surface area contributed by atoms with Crippen LogP contribution in [0, 0.1) is 0 Å². The average molecular weight is 250 g/mol. The molecule has 102 valence electrons. The van der Waals surface area contributed by atoms with Gasteiger partial charge in [0.15, 0.2) is 0 Å². The second-order valence-electron chi connectivity index (χ2n) is 6.05. The molecule has 0 aliphatic heterocycles. The fourth-order valence-electron chi connectivity index (χ4n) is 1.93. The number of hydrogen-bond acceptors (Lipinski definition) is 3. The van der Waals surface area contributed by atoms with Crippen molar-refractivity contribution in [2.24, 2.45) is 0 Å². The van der Waals surface area contributed by atoms with Gasteiger partial charge in [0, 0.05) is 23.7 Å². The Kier molecular flexibility index (Phi) is 4.13. The molecule has 1 heterocycles. The van der Waals surface area contributed by atoms with Gasteiger partial charge < -0.3 is 9.73 Å². The highest BCUT2D eigenvalue weighted by Crippen LogP contribution is 2.23. The molecule has 0 aromatic carbocycles. The zero-order valence-corrected chi connectivity index (χ0v) is 12.1. The van der Waals surface area contributed by atoms with Crippen molar-refractivity contribution in [3.8, 4) is 0 Å². The summed E-state index contributed by atoms with van der Waals surface area (Å²) in [4.78, 5) is 2.40. The molecule has 2 rings (SSSR count). The van der Waals surface area contributed by atoms with E-state index in [4.69, 9.17) is 4.42 Å². The Labute approximate surface area is 111 Å². The van der Waals surface area contributed by atoms with Crippen LogP contribution in [0.2, 0.25) is 0 Å². The van der Waals surface area contributed by atoms with Crippen molar-refractivity contribution in [3.05, 3.63) is 23.7 Å². The van der Waals surface area contributed by atoms with Crippen molar-refractivity contribution in [1.29, 1.82) is 0 Å². The molecule has 0 bridgehead atoms. The Morgan fingerprint density at radius 3 is 2.78 bits per heavy atom. The molecule has 18 heavy (non-hydrogen) atoms. The molecule has 1 aromatic heterocycles. The molecule has 1 aliphatic rings. The van der Waals surface area contributed by atoms with Gasteiger partial charge in [-0.05, 0) is 46.2 Å². The van der Waals surface area contributed by atoms with Crippen LogP contribution in [-0.4, -0.2) is 23.5 Å². The quantitative estimate of drug-likeness (QED) is 0.806. The maximum Gasteiger partial charge on any atom is 0.122 e. The summed E-state index contributed by atoms with van der Waals surface area (Å²) in [5.41, 5.74) is 1.55. The van der Waals surface area contributed by atoms with Crippen LogP contribution in [0.4, 0.5) is 0 Å². The Morgan fingerprint density at radius 1 is 1.44 bits per heavy atom. The molecule has 1 aliphatic carbocycles. The van der Waals surface area contributed by atoms with E-state index in [1.807, 2.05) is 6.26 Å². The van der Waals surface area contributed by atoms with Gasteiger partial charge in [-0.15, -0.1) is 0 Å². The summed E-state index contributed by atoms with van der Waals surface area (Å²) in [7, 11) is 2.19. The summed E-state index contributed by atoms with van der Waals surface area (Å²) >= 11 is 0. The highest BCUT2D eigenvalue weighted by molar-refractivity contribution is 5.17. The molecule has 1 N–H and O–H groups in total. The first-order chi connectivity index (χ1) is 8.53. The van der Waals surface area contributed by atoms with E-state index in [1.54, 1.807) is 0 Å². The summed E-state index contributed by atoms with van der Waals surface area (Å²) in [6, 6.07) is 2.83. The zero-order valence-electron chi connectivity index (χ0n) is 12.1. The lowest BCUT2D eigenvalue weighted by atomic mass is 9.99. The van der Waals surface area contributed by atoms with Crippen LogP contribution in [0.5, 0.6) is 0 Å². The van der Waals surface area contributed by atoms with Gasteiger partial charge in [-0.2, -0.15) is 0 Å². The molecule has 3 heteroatoms. The second-order valence-corrected chi connectivity index (χ2v) is 6.05. The minimum Gasteiger partial charge on any atom is -0.468 e. The molecular weight excluding hydrogens is 224 g/mol. The largest absolute Gasteiger partial charge is 0.468 e. The average Bonchev–Trinajstić information content (AvgIpc) is 3.07. The lowest BCUT2D eigenvalue weighted by molar-refractivity contribution is 0.142. The maximum atomic E-state index is 5.60. The second kappa shape index (κ2) is 5.45. The molecule has 0 radical (unpaired) electrons. The SMILES string of the molecule is CCC(C)(C)N(C)Cc1ccoc1CNC1CC1. The smallest absolute Gasteiger partial charge is 0.122 e. The van der Waals surface area contributed by atoms with Crippen molar-refractivity contribution in [2.45, 2.75) is 64.7 Å². The number of hydrogen-bond donors (Lipinski definition) is 1. The van der Waals surface area contributed by atoms with Crippen LogP contribution in [0.25, 0.3) is 0 Å². The van der Waals surface area contributed by atoms with Gasteiger partial charge in [-0.1, -0.05) is 6.92 Å². The van der Waals surface area contributed by atoms with Crippen molar-refractivity contribution in [1.82, 2.24) is 10.2 Å². The van der Waals surface area contributed by atoms with E-state index in [0.29, 0.717) is 0 Å². The van der Waals surface area contributed by atoms with Gasteiger partial charge in [0.25, 0.3) is 0 Å². The maximum absolute atomic E-state index is 5.60. The van der Waals surface area contributed by atoms with Crippen molar-refractivity contribution in [2.75, 3.05) is 7.05 Å². The number of nitrogens with zero attached hydrogens (tertiary/aromatic N) is 1. The van der Waals surface area contributed by atoms with Crippen molar-refractivity contribution >= 4 is 0 Å². The van der Waals surface area contributed by atoms with E-state index < -0.39 is 0 Å². The molecule has 0 unspecified atom stereocenters. The normalized spacial score (nSPS) is 16.5. The van der Waals surface area contributed by atoms with E-state index in [1.165, 1.54) is 18.4 Å². The first-order valence-corrected chi connectivity index (χ1v) is 7.03. The van der Waals surface area contributed by atoms with Crippen LogP contribution >= 0.6 is 0 Å². The summed E-state index contributed by atoms with van der Waals surface area (Å²) in [6.45, 7) is 8.64. The highest BCUT2D eigenvalue weighted by Gasteiger charge is 2.24. The fraction of sp³-hybridized carbons (Fsp3) is 0.733. The molecule has 1 saturated carbocycles. The van der Waals surface area contributed by atoms with Gasteiger partial charge in [-0.25, -0.2) is 0 Å². The summed E-state index contributed by atoms with van der Waals surface area (Å²) in [5, 5.41) is 3.51. The van der Waals surface area contributed by atoms with Crippen LogP contribution < -0.4 is 5.32 Å². The highest BCUT2D eigenvalue weighted by atomic mass is 16.3. The molecule has 0 saturated heterocycles. The molecular formula is C15H26N2O. The van der Waals surface area contributed by atoms with Gasteiger partial charge in [0.2, 0.25) is 0 Å². The van der Waals surface area contributed by atoms with Gasteiger partial charge in [-0.3, -0.25) is 4.90 Å². The first-order valence-electron chi connectivity index (χ1n) is 7.03. The van der Waals surface area contributed by atoms with Crippen LogP contribution in [0.3, 0.4) is 0 Å². The predicted octanol–water partition coefficient (Wildman–Crippen LogP) is 3.15. The summed E-state index contributed by atoms with van der Waals surface area (Å²) < 4.78 is 5.60.